The Kier molecular flexibility index (Phi) is 7.25. The fourth-order valence-corrected chi connectivity index (χ4v) is 4.60. The maximum absolute atomic E-state index is 14.7. The Morgan fingerprint density at radius 1 is 1.15 bits per heavy atom. The van der Waals surface area contributed by atoms with Crippen molar-refractivity contribution in [3.05, 3.63) is 73.6 Å². The zero-order valence-corrected chi connectivity index (χ0v) is 20.0. The third kappa shape index (κ3) is 4.96. The second-order valence-corrected chi connectivity index (χ2v) is 8.96. The number of halogens is 3. The number of fused-ring (bicyclic) bond motifs is 1. The quantitative estimate of drug-likeness (QED) is 0.555. The summed E-state index contributed by atoms with van der Waals surface area (Å²) in [5.41, 5.74) is 1.26. The highest BCUT2D eigenvalue weighted by Crippen LogP contribution is 2.27. The van der Waals surface area contributed by atoms with Crippen molar-refractivity contribution in [3.63, 3.8) is 0 Å². The number of aromatic nitrogens is 2. The lowest BCUT2D eigenvalue weighted by atomic mass is 10.0. The fraction of sp³-hybridized carbons (Fsp3) is 0.348. The molecule has 34 heavy (non-hydrogen) atoms. The van der Waals surface area contributed by atoms with Crippen LogP contribution in [0.3, 0.4) is 0 Å². The SMILES string of the molecule is CNC(=O)CN1CCCN(C(=O)c2cc(Cc3c[nH]c(=O)c4cc(Cl)c(Cl)n34)ccc2F)CC1. The van der Waals surface area contributed by atoms with Gasteiger partial charge in [0.1, 0.15) is 16.5 Å². The molecule has 0 aliphatic carbocycles. The Morgan fingerprint density at radius 3 is 2.71 bits per heavy atom. The first-order chi connectivity index (χ1) is 16.3. The first kappa shape index (κ1) is 24.3. The molecule has 0 unspecified atom stereocenters. The van der Waals surface area contributed by atoms with E-state index in [0.717, 1.165) is 0 Å². The van der Waals surface area contributed by atoms with E-state index in [2.05, 4.69) is 10.3 Å². The van der Waals surface area contributed by atoms with Gasteiger partial charge in [0.25, 0.3) is 11.5 Å². The molecule has 1 saturated heterocycles. The Balaban J connectivity index is 1.56. The van der Waals surface area contributed by atoms with Crippen molar-refractivity contribution >= 4 is 40.5 Å². The summed E-state index contributed by atoms with van der Waals surface area (Å²) < 4.78 is 16.2. The van der Waals surface area contributed by atoms with Gasteiger partial charge in [-0.1, -0.05) is 29.3 Å². The van der Waals surface area contributed by atoms with Gasteiger partial charge in [-0.15, -0.1) is 0 Å². The summed E-state index contributed by atoms with van der Waals surface area (Å²) in [7, 11) is 1.59. The van der Waals surface area contributed by atoms with Crippen LogP contribution in [0.2, 0.25) is 10.2 Å². The average Bonchev–Trinajstić information content (AvgIpc) is 2.98. The molecule has 180 valence electrons. The molecule has 3 aromatic rings. The van der Waals surface area contributed by atoms with Crippen LogP contribution in [0.15, 0.2) is 35.3 Å². The van der Waals surface area contributed by atoms with Crippen molar-refractivity contribution in [2.45, 2.75) is 12.8 Å². The number of H-pyrrole nitrogens is 1. The van der Waals surface area contributed by atoms with E-state index in [1.54, 1.807) is 22.4 Å². The Bertz CT molecular complexity index is 1310. The highest BCUT2D eigenvalue weighted by atomic mass is 35.5. The fourth-order valence-electron chi connectivity index (χ4n) is 4.16. The van der Waals surface area contributed by atoms with Gasteiger partial charge < -0.3 is 15.2 Å². The molecule has 2 N–H and O–H groups in total. The molecular formula is C23H24Cl2FN5O3. The van der Waals surface area contributed by atoms with E-state index < -0.39 is 11.7 Å². The van der Waals surface area contributed by atoms with E-state index in [4.69, 9.17) is 23.2 Å². The number of hydrogen-bond donors (Lipinski definition) is 2. The second-order valence-electron chi connectivity index (χ2n) is 8.20. The van der Waals surface area contributed by atoms with Gasteiger partial charge in [0.15, 0.2) is 0 Å². The van der Waals surface area contributed by atoms with Crippen LogP contribution >= 0.6 is 23.2 Å². The van der Waals surface area contributed by atoms with Gasteiger partial charge in [0.05, 0.1) is 17.1 Å². The normalized spacial score (nSPS) is 14.9. The maximum Gasteiger partial charge on any atom is 0.272 e. The molecule has 0 saturated carbocycles. The van der Waals surface area contributed by atoms with Crippen molar-refractivity contribution < 1.29 is 14.0 Å². The van der Waals surface area contributed by atoms with Gasteiger partial charge in [-0.25, -0.2) is 4.39 Å². The van der Waals surface area contributed by atoms with Gasteiger partial charge in [-0.3, -0.25) is 23.7 Å². The van der Waals surface area contributed by atoms with Gasteiger partial charge in [0, 0.05) is 51.5 Å². The number of rotatable bonds is 5. The first-order valence-electron chi connectivity index (χ1n) is 10.9. The molecule has 8 nitrogen and oxygen atoms in total. The van der Waals surface area contributed by atoms with E-state index in [0.29, 0.717) is 55.8 Å². The number of carbonyl (C=O) groups excluding carboxylic acids is 2. The number of amides is 2. The molecule has 0 radical (unpaired) electrons. The minimum absolute atomic E-state index is 0.0189. The molecule has 2 aromatic heterocycles. The number of benzene rings is 1. The summed E-state index contributed by atoms with van der Waals surface area (Å²) >= 11 is 12.4. The summed E-state index contributed by atoms with van der Waals surface area (Å²) in [6.07, 6.45) is 2.50. The molecular weight excluding hydrogens is 484 g/mol. The molecule has 3 heterocycles. The van der Waals surface area contributed by atoms with E-state index in [-0.39, 0.29) is 33.8 Å². The Hall–Kier alpha value is -2.88. The van der Waals surface area contributed by atoms with E-state index in [1.165, 1.54) is 24.4 Å². The van der Waals surface area contributed by atoms with Crippen molar-refractivity contribution in [1.82, 2.24) is 24.5 Å². The lowest BCUT2D eigenvalue weighted by Gasteiger charge is -2.22. The molecule has 4 rings (SSSR count). The molecule has 0 atom stereocenters. The summed E-state index contributed by atoms with van der Waals surface area (Å²) in [5, 5.41) is 3.06. The van der Waals surface area contributed by atoms with Crippen LogP contribution in [-0.2, 0) is 11.2 Å². The van der Waals surface area contributed by atoms with Crippen LogP contribution in [0, 0.1) is 5.82 Å². The van der Waals surface area contributed by atoms with Crippen molar-refractivity contribution in [1.29, 1.82) is 0 Å². The molecule has 0 bridgehead atoms. The molecule has 1 aliphatic heterocycles. The summed E-state index contributed by atoms with van der Waals surface area (Å²) in [5.74, 6) is -1.08. The van der Waals surface area contributed by atoms with E-state index >= 15 is 0 Å². The second kappa shape index (κ2) is 10.2. The lowest BCUT2D eigenvalue weighted by Crippen LogP contribution is -2.39. The number of nitrogens with one attached hydrogen (secondary N) is 2. The zero-order chi connectivity index (χ0) is 24.4. The molecule has 1 aromatic carbocycles. The van der Waals surface area contributed by atoms with Gasteiger partial charge in [-0.05, 0) is 30.2 Å². The molecule has 11 heteroatoms. The number of hydrogen-bond acceptors (Lipinski definition) is 4. The zero-order valence-electron chi connectivity index (χ0n) is 18.5. The summed E-state index contributed by atoms with van der Waals surface area (Å²) in [4.78, 5) is 43.2. The molecule has 1 aliphatic rings. The predicted octanol–water partition coefficient (Wildman–Crippen LogP) is 2.56. The third-order valence-electron chi connectivity index (χ3n) is 5.96. The Labute approximate surface area is 205 Å². The lowest BCUT2D eigenvalue weighted by molar-refractivity contribution is -0.121. The molecule has 2 amide bonds. The monoisotopic (exact) mass is 507 g/mol. The highest BCUT2D eigenvalue weighted by molar-refractivity contribution is 6.42. The van der Waals surface area contributed by atoms with Crippen LogP contribution in [0.5, 0.6) is 0 Å². The number of carbonyl (C=O) groups is 2. The van der Waals surface area contributed by atoms with Gasteiger partial charge in [0.2, 0.25) is 5.91 Å². The molecule has 1 fully saturated rings. The highest BCUT2D eigenvalue weighted by Gasteiger charge is 2.24. The molecule has 0 spiro atoms. The van der Waals surface area contributed by atoms with Crippen LogP contribution in [0.1, 0.15) is 28.0 Å². The largest absolute Gasteiger partial charge is 0.358 e. The topological polar surface area (TPSA) is 89.9 Å². The van der Waals surface area contributed by atoms with Crippen LogP contribution in [-0.4, -0.2) is 70.8 Å². The number of nitrogens with zero attached hydrogens (tertiary/aromatic N) is 3. The average molecular weight is 508 g/mol. The van der Waals surface area contributed by atoms with Crippen LogP contribution in [0.4, 0.5) is 4.39 Å². The van der Waals surface area contributed by atoms with Crippen molar-refractivity contribution in [2.75, 3.05) is 39.8 Å². The standard InChI is InChI=1S/C23H24Cl2FN5O3/c1-27-20(32)13-29-5-2-6-30(8-7-29)23(34)16-10-14(3-4-18(16)26)9-15-12-28-22(33)19-11-17(24)21(25)31(15)19/h3-4,10-12H,2,5-9,13H2,1H3,(H,27,32)(H,28,33). The van der Waals surface area contributed by atoms with E-state index in [9.17, 15) is 18.8 Å². The minimum Gasteiger partial charge on any atom is -0.358 e. The van der Waals surface area contributed by atoms with Gasteiger partial charge >= 0.3 is 0 Å². The number of likely N-dealkylation sites (N-methyl/N-ethyl adjacent to an activating group) is 1. The predicted molar refractivity (Wildman–Crippen MR) is 128 cm³/mol. The number of aromatic amines is 1. The Morgan fingerprint density at radius 2 is 1.94 bits per heavy atom. The minimum atomic E-state index is -0.603. The smallest absolute Gasteiger partial charge is 0.272 e. The van der Waals surface area contributed by atoms with Gasteiger partial charge in [-0.2, -0.15) is 0 Å². The summed E-state index contributed by atoms with van der Waals surface area (Å²) in [6.45, 7) is 2.36. The summed E-state index contributed by atoms with van der Waals surface area (Å²) in [6, 6.07) is 5.88. The van der Waals surface area contributed by atoms with Crippen LogP contribution < -0.4 is 10.9 Å². The van der Waals surface area contributed by atoms with Crippen molar-refractivity contribution in [2.24, 2.45) is 0 Å². The van der Waals surface area contributed by atoms with E-state index in [1.807, 2.05) is 4.90 Å². The first-order valence-corrected chi connectivity index (χ1v) is 11.6. The third-order valence-corrected chi connectivity index (χ3v) is 6.71. The van der Waals surface area contributed by atoms with Crippen molar-refractivity contribution in [3.8, 4) is 0 Å². The maximum atomic E-state index is 14.7. The van der Waals surface area contributed by atoms with Crippen LogP contribution in [0.25, 0.3) is 5.52 Å².